The van der Waals surface area contributed by atoms with Crippen LogP contribution in [0, 0.1) is 5.82 Å². The highest BCUT2D eigenvalue weighted by Gasteiger charge is 2.12. The standard InChI is InChI=1S/C16H21FN4O/c1-12(14-4-6-15(17)7-5-14)19-16(22)11-20(2)9-13-8-18-21(3)10-13/h4-8,10,12H,9,11H2,1-3H3,(H,19,22). The van der Waals surface area contributed by atoms with Gasteiger partial charge >= 0.3 is 0 Å². The topological polar surface area (TPSA) is 50.2 Å². The number of aryl methyl sites for hydroxylation is 1. The number of carbonyl (C=O) groups is 1. The first-order chi connectivity index (χ1) is 10.4. The van der Waals surface area contributed by atoms with Crippen LogP contribution < -0.4 is 5.32 Å². The van der Waals surface area contributed by atoms with E-state index in [1.54, 1.807) is 23.0 Å². The van der Waals surface area contributed by atoms with Gasteiger partial charge in [0.2, 0.25) is 5.91 Å². The van der Waals surface area contributed by atoms with Crippen LogP contribution in [-0.2, 0) is 18.4 Å². The van der Waals surface area contributed by atoms with E-state index in [-0.39, 0.29) is 17.8 Å². The first-order valence-corrected chi connectivity index (χ1v) is 7.15. The summed E-state index contributed by atoms with van der Waals surface area (Å²) in [6, 6.07) is 6.00. The van der Waals surface area contributed by atoms with Gasteiger partial charge in [0.15, 0.2) is 0 Å². The van der Waals surface area contributed by atoms with Gasteiger partial charge in [-0.25, -0.2) is 4.39 Å². The van der Waals surface area contributed by atoms with Crippen LogP contribution in [0.25, 0.3) is 0 Å². The molecule has 1 aromatic carbocycles. The Labute approximate surface area is 129 Å². The maximum Gasteiger partial charge on any atom is 0.234 e. The van der Waals surface area contributed by atoms with Crippen molar-refractivity contribution in [3.63, 3.8) is 0 Å². The fourth-order valence-electron chi connectivity index (χ4n) is 2.29. The maximum atomic E-state index is 12.9. The summed E-state index contributed by atoms with van der Waals surface area (Å²) in [6.45, 7) is 2.83. The molecule has 2 aromatic rings. The minimum Gasteiger partial charge on any atom is -0.348 e. The maximum absolute atomic E-state index is 12.9. The van der Waals surface area contributed by atoms with Crippen LogP contribution in [-0.4, -0.2) is 34.2 Å². The minimum atomic E-state index is -0.279. The number of benzene rings is 1. The van der Waals surface area contributed by atoms with E-state index in [1.807, 2.05) is 32.1 Å². The Hall–Kier alpha value is -2.21. The smallest absolute Gasteiger partial charge is 0.234 e. The summed E-state index contributed by atoms with van der Waals surface area (Å²) in [7, 11) is 3.75. The molecule has 6 heteroatoms. The van der Waals surface area contributed by atoms with E-state index >= 15 is 0 Å². The van der Waals surface area contributed by atoms with Gasteiger partial charge in [-0.2, -0.15) is 5.10 Å². The van der Waals surface area contributed by atoms with E-state index in [0.717, 1.165) is 11.1 Å². The van der Waals surface area contributed by atoms with Crippen LogP contribution in [0.3, 0.4) is 0 Å². The lowest BCUT2D eigenvalue weighted by Gasteiger charge is -2.18. The van der Waals surface area contributed by atoms with E-state index in [1.165, 1.54) is 12.1 Å². The van der Waals surface area contributed by atoms with Gasteiger partial charge in [-0.1, -0.05) is 12.1 Å². The minimum absolute atomic E-state index is 0.0665. The summed E-state index contributed by atoms with van der Waals surface area (Å²) >= 11 is 0. The van der Waals surface area contributed by atoms with Gasteiger partial charge in [0.25, 0.3) is 0 Å². The van der Waals surface area contributed by atoms with Crippen LogP contribution in [0.1, 0.15) is 24.1 Å². The van der Waals surface area contributed by atoms with Gasteiger partial charge in [0.05, 0.1) is 18.8 Å². The van der Waals surface area contributed by atoms with Crippen molar-refractivity contribution in [2.75, 3.05) is 13.6 Å². The van der Waals surface area contributed by atoms with Crippen molar-refractivity contribution < 1.29 is 9.18 Å². The van der Waals surface area contributed by atoms with Crippen LogP contribution >= 0.6 is 0 Å². The second kappa shape index (κ2) is 7.17. The third kappa shape index (κ3) is 4.66. The summed E-state index contributed by atoms with van der Waals surface area (Å²) in [4.78, 5) is 14.0. The largest absolute Gasteiger partial charge is 0.348 e. The summed E-state index contributed by atoms with van der Waals surface area (Å²) in [6.07, 6.45) is 3.71. The van der Waals surface area contributed by atoms with Crippen LogP contribution in [0.15, 0.2) is 36.7 Å². The number of amides is 1. The molecule has 0 spiro atoms. The van der Waals surface area contributed by atoms with E-state index in [4.69, 9.17) is 0 Å². The third-order valence-electron chi connectivity index (χ3n) is 3.37. The lowest BCUT2D eigenvalue weighted by molar-refractivity contribution is -0.122. The second-order valence-electron chi connectivity index (χ2n) is 5.54. The highest BCUT2D eigenvalue weighted by molar-refractivity contribution is 5.78. The van der Waals surface area contributed by atoms with Crippen molar-refractivity contribution in [2.24, 2.45) is 7.05 Å². The molecule has 5 nitrogen and oxygen atoms in total. The molecule has 1 heterocycles. The Morgan fingerprint density at radius 1 is 1.41 bits per heavy atom. The molecule has 0 fully saturated rings. The summed E-state index contributed by atoms with van der Waals surface area (Å²) < 4.78 is 14.6. The first kappa shape index (κ1) is 16.2. The molecule has 1 aromatic heterocycles. The van der Waals surface area contributed by atoms with Crippen molar-refractivity contribution in [3.8, 4) is 0 Å². The normalized spacial score (nSPS) is 12.4. The van der Waals surface area contributed by atoms with E-state index in [2.05, 4.69) is 10.4 Å². The van der Waals surface area contributed by atoms with Gasteiger partial charge in [-0.05, 0) is 31.7 Å². The predicted molar refractivity (Wildman–Crippen MR) is 82.5 cm³/mol. The monoisotopic (exact) mass is 304 g/mol. The molecule has 1 N–H and O–H groups in total. The second-order valence-corrected chi connectivity index (χ2v) is 5.54. The zero-order valence-electron chi connectivity index (χ0n) is 13.1. The Morgan fingerprint density at radius 2 is 2.09 bits per heavy atom. The van der Waals surface area contributed by atoms with Crippen LogP contribution in [0.4, 0.5) is 4.39 Å². The van der Waals surface area contributed by atoms with Crippen molar-refractivity contribution in [3.05, 3.63) is 53.6 Å². The average Bonchev–Trinajstić information content (AvgIpc) is 2.84. The van der Waals surface area contributed by atoms with Crippen molar-refractivity contribution in [2.45, 2.75) is 19.5 Å². The molecule has 0 aliphatic carbocycles. The number of likely N-dealkylation sites (N-methyl/N-ethyl adjacent to an activating group) is 1. The molecule has 0 saturated heterocycles. The lowest BCUT2D eigenvalue weighted by atomic mass is 10.1. The number of halogens is 1. The lowest BCUT2D eigenvalue weighted by Crippen LogP contribution is -2.36. The average molecular weight is 304 g/mol. The number of rotatable bonds is 6. The molecular formula is C16H21FN4O. The number of hydrogen-bond acceptors (Lipinski definition) is 3. The number of nitrogens with one attached hydrogen (secondary N) is 1. The Morgan fingerprint density at radius 3 is 2.68 bits per heavy atom. The molecule has 0 radical (unpaired) electrons. The number of carbonyl (C=O) groups excluding carboxylic acids is 1. The van der Waals surface area contributed by atoms with Gasteiger partial charge < -0.3 is 5.32 Å². The molecule has 0 aliphatic heterocycles. The van der Waals surface area contributed by atoms with Crippen LogP contribution in [0.5, 0.6) is 0 Å². The molecule has 1 unspecified atom stereocenters. The van der Waals surface area contributed by atoms with Crippen molar-refractivity contribution >= 4 is 5.91 Å². The van der Waals surface area contributed by atoms with Gasteiger partial charge in [-0.15, -0.1) is 0 Å². The van der Waals surface area contributed by atoms with Gasteiger partial charge in [0, 0.05) is 25.4 Å². The first-order valence-electron chi connectivity index (χ1n) is 7.15. The molecule has 0 saturated carbocycles. The Balaban J connectivity index is 1.82. The SMILES string of the molecule is CC(NC(=O)CN(C)Cc1cnn(C)c1)c1ccc(F)cc1. The van der Waals surface area contributed by atoms with E-state index in [0.29, 0.717) is 13.1 Å². The molecule has 22 heavy (non-hydrogen) atoms. The fourth-order valence-corrected chi connectivity index (χ4v) is 2.29. The zero-order valence-corrected chi connectivity index (χ0v) is 13.1. The molecule has 1 atom stereocenters. The summed E-state index contributed by atoms with van der Waals surface area (Å²) in [5.74, 6) is -0.346. The number of nitrogens with zero attached hydrogens (tertiary/aromatic N) is 3. The highest BCUT2D eigenvalue weighted by atomic mass is 19.1. The Bertz CT molecular complexity index is 623. The van der Waals surface area contributed by atoms with Gasteiger partial charge in [0.1, 0.15) is 5.82 Å². The Kier molecular flexibility index (Phi) is 5.27. The number of hydrogen-bond donors (Lipinski definition) is 1. The molecule has 118 valence electrons. The van der Waals surface area contributed by atoms with Gasteiger partial charge in [-0.3, -0.25) is 14.4 Å². The summed E-state index contributed by atoms with van der Waals surface area (Å²) in [5, 5.41) is 7.02. The van der Waals surface area contributed by atoms with E-state index < -0.39 is 0 Å². The third-order valence-corrected chi connectivity index (χ3v) is 3.37. The molecule has 2 rings (SSSR count). The quantitative estimate of drug-likeness (QED) is 0.886. The van der Waals surface area contributed by atoms with E-state index in [9.17, 15) is 9.18 Å². The fraction of sp³-hybridized carbons (Fsp3) is 0.375. The molecule has 0 bridgehead atoms. The molecule has 0 aliphatic rings. The van der Waals surface area contributed by atoms with Crippen molar-refractivity contribution in [1.82, 2.24) is 20.0 Å². The summed E-state index contributed by atoms with van der Waals surface area (Å²) in [5.41, 5.74) is 1.94. The highest BCUT2D eigenvalue weighted by Crippen LogP contribution is 2.12. The van der Waals surface area contributed by atoms with Crippen molar-refractivity contribution in [1.29, 1.82) is 0 Å². The van der Waals surface area contributed by atoms with Crippen LogP contribution in [0.2, 0.25) is 0 Å². The predicted octanol–water partition coefficient (Wildman–Crippen LogP) is 1.87. The molecular weight excluding hydrogens is 283 g/mol. The zero-order chi connectivity index (χ0) is 16.1. The number of aromatic nitrogens is 2. The molecule has 1 amide bonds.